The molecule has 3 nitrogen and oxygen atoms in total. The van der Waals surface area contributed by atoms with Crippen LogP contribution in [0.25, 0.3) is 0 Å². The average molecular weight is 277 g/mol. The fourth-order valence-electron chi connectivity index (χ4n) is 2.82. The normalized spacial score (nSPS) is 26.4. The number of aliphatic hydroxyl groups is 1. The van der Waals surface area contributed by atoms with E-state index in [0.717, 1.165) is 56.9 Å². The maximum absolute atomic E-state index is 10.5. The van der Waals surface area contributed by atoms with Crippen molar-refractivity contribution in [3.63, 3.8) is 0 Å². The van der Waals surface area contributed by atoms with Crippen LogP contribution in [0.3, 0.4) is 0 Å². The second kappa shape index (κ2) is 7.09. The lowest BCUT2D eigenvalue weighted by atomic mass is 9.79. The maximum atomic E-state index is 10.5. The Hall–Kier alpha value is -1.06. The van der Waals surface area contributed by atoms with E-state index in [9.17, 15) is 5.11 Å². The molecule has 1 aliphatic rings. The Morgan fingerprint density at radius 1 is 1.25 bits per heavy atom. The fraction of sp³-hybridized carbons (Fsp3) is 0.647. The summed E-state index contributed by atoms with van der Waals surface area (Å²) >= 11 is 0. The predicted molar refractivity (Wildman–Crippen MR) is 82.1 cm³/mol. The molecule has 0 aliphatic heterocycles. The van der Waals surface area contributed by atoms with Crippen LogP contribution < -0.4 is 10.1 Å². The highest BCUT2D eigenvalue weighted by Crippen LogP contribution is 2.31. The molecule has 1 aromatic rings. The van der Waals surface area contributed by atoms with Crippen LogP contribution in [0.2, 0.25) is 0 Å². The first-order valence-electron chi connectivity index (χ1n) is 7.67. The van der Waals surface area contributed by atoms with Crippen LogP contribution in [0.15, 0.2) is 24.3 Å². The molecule has 2 N–H and O–H groups in total. The Morgan fingerprint density at radius 2 is 1.90 bits per heavy atom. The molecule has 0 atom stereocenters. The van der Waals surface area contributed by atoms with Crippen molar-refractivity contribution in [3.8, 4) is 5.75 Å². The topological polar surface area (TPSA) is 41.5 Å². The summed E-state index contributed by atoms with van der Waals surface area (Å²) < 4.78 is 5.15. The molecule has 0 unspecified atom stereocenters. The number of ether oxygens (including phenoxy) is 1. The average Bonchev–Trinajstić information content (AvgIpc) is 2.48. The van der Waals surface area contributed by atoms with Crippen LogP contribution in [0.5, 0.6) is 5.75 Å². The number of nitrogens with one attached hydrogen (secondary N) is 1. The Morgan fingerprint density at radius 3 is 2.50 bits per heavy atom. The number of hydrogen-bond donors (Lipinski definition) is 2. The van der Waals surface area contributed by atoms with Crippen molar-refractivity contribution >= 4 is 0 Å². The molecule has 0 spiro atoms. The van der Waals surface area contributed by atoms with E-state index < -0.39 is 5.60 Å². The zero-order valence-electron chi connectivity index (χ0n) is 12.7. The summed E-state index contributed by atoms with van der Waals surface area (Å²) in [6.45, 7) is 3.90. The zero-order chi connectivity index (χ0) is 14.4. The first-order valence-corrected chi connectivity index (χ1v) is 7.67. The van der Waals surface area contributed by atoms with E-state index in [0.29, 0.717) is 0 Å². The van der Waals surface area contributed by atoms with Crippen LogP contribution in [0.4, 0.5) is 0 Å². The lowest BCUT2D eigenvalue weighted by molar-refractivity contribution is -0.00583. The molecule has 1 saturated carbocycles. The van der Waals surface area contributed by atoms with Gasteiger partial charge in [-0.3, -0.25) is 0 Å². The smallest absolute Gasteiger partial charge is 0.118 e. The fourth-order valence-corrected chi connectivity index (χ4v) is 2.82. The molecule has 0 radical (unpaired) electrons. The lowest BCUT2D eigenvalue weighted by Crippen LogP contribution is -2.43. The van der Waals surface area contributed by atoms with Crippen LogP contribution in [0.1, 0.15) is 38.2 Å². The van der Waals surface area contributed by atoms with Crippen molar-refractivity contribution in [1.82, 2.24) is 5.32 Å². The van der Waals surface area contributed by atoms with E-state index in [4.69, 9.17) is 4.74 Å². The number of hydrogen-bond acceptors (Lipinski definition) is 3. The standard InChI is InChI=1S/C17H27NO2/c1-14-7-10-17(19,11-8-14)13-18-12-9-15-3-5-16(20-2)6-4-15/h3-6,14,18-19H,7-13H2,1-2H3. The van der Waals surface area contributed by atoms with Crippen LogP contribution >= 0.6 is 0 Å². The van der Waals surface area contributed by atoms with E-state index in [1.54, 1.807) is 7.11 Å². The monoisotopic (exact) mass is 277 g/mol. The van der Waals surface area contributed by atoms with E-state index in [2.05, 4.69) is 24.4 Å². The molecule has 0 heterocycles. The second-order valence-electron chi connectivity index (χ2n) is 6.18. The third-order valence-electron chi connectivity index (χ3n) is 4.41. The van der Waals surface area contributed by atoms with Gasteiger partial charge in [0.05, 0.1) is 12.7 Å². The largest absolute Gasteiger partial charge is 0.497 e. The van der Waals surface area contributed by atoms with Crippen molar-refractivity contribution in [2.45, 2.75) is 44.6 Å². The molecule has 1 fully saturated rings. The molecule has 0 amide bonds. The molecule has 0 aromatic heterocycles. The SMILES string of the molecule is COc1ccc(CCNCC2(O)CCC(C)CC2)cc1. The van der Waals surface area contributed by atoms with E-state index in [1.807, 2.05) is 12.1 Å². The van der Waals surface area contributed by atoms with Gasteiger partial charge in [-0.05, 0) is 62.3 Å². The zero-order valence-corrected chi connectivity index (χ0v) is 12.7. The summed E-state index contributed by atoms with van der Waals surface area (Å²) in [6, 6.07) is 8.17. The van der Waals surface area contributed by atoms with Crippen molar-refractivity contribution < 1.29 is 9.84 Å². The van der Waals surface area contributed by atoms with Gasteiger partial charge in [0.1, 0.15) is 5.75 Å². The molecule has 0 bridgehead atoms. The number of benzene rings is 1. The highest BCUT2D eigenvalue weighted by Gasteiger charge is 2.30. The summed E-state index contributed by atoms with van der Waals surface area (Å²) in [5.74, 6) is 1.67. The lowest BCUT2D eigenvalue weighted by Gasteiger charge is -2.35. The van der Waals surface area contributed by atoms with Gasteiger partial charge in [-0.25, -0.2) is 0 Å². The molecule has 3 heteroatoms. The molecule has 112 valence electrons. The van der Waals surface area contributed by atoms with Gasteiger partial charge in [0.2, 0.25) is 0 Å². The van der Waals surface area contributed by atoms with Gasteiger partial charge in [0.25, 0.3) is 0 Å². The van der Waals surface area contributed by atoms with Gasteiger partial charge in [0, 0.05) is 6.54 Å². The molecule has 1 aliphatic carbocycles. The van der Waals surface area contributed by atoms with Crippen LogP contribution in [-0.4, -0.2) is 30.9 Å². The quantitative estimate of drug-likeness (QED) is 0.786. The minimum Gasteiger partial charge on any atom is -0.497 e. The minimum atomic E-state index is -0.480. The summed E-state index contributed by atoms with van der Waals surface area (Å²) in [5.41, 5.74) is 0.814. The van der Waals surface area contributed by atoms with Gasteiger partial charge in [-0.2, -0.15) is 0 Å². The Kier molecular flexibility index (Phi) is 5.44. The Labute approximate surface area is 122 Å². The van der Waals surface area contributed by atoms with Crippen molar-refractivity contribution in [2.24, 2.45) is 5.92 Å². The van der Waals surface area contributed by atoms with Crippen LogP contribution in [-0.2, 0) is 6.42 Å². The first kappa shape index (κ1) is 15.3. The molecule has 20 heavy (non-hydrogen) atoms. The third-order valence-corrected chi connectivity index (χ3v) is 4.41. The molecule has 2 rings (SSSR count). The minimum absolute atomic E-state index is 0.480. The molecule has 1 aromatic carbocycles. The van der Waals surface area contributed by atoms with Crippen molar-refractivity contribution in [3.05, 3.63) is 29.8 Å². The number of methoxy groups -OCH3 is 1. The number of rotatable bonds is 6. The summed E-state index contributed by atoms with van der Waals surface area (Å²) in [7, 11) is 1.68. The summed E-state index contributed by atoms with van der Waals surface area (Å²) in [6.07, 6.45) is 5.15. The Balaban J connectivity index is 1.68. The van der Waals surface area contributed by atoms with Gasteiger partial charge >= 0.3 is 0 Å². The van der Waals surface area contributed by atoms with E-state index >= 15 is 0 Å². The van der Waals surface area contributed by atoms with E-state index in [1.165, 1.54) is 5.56 Å². The molecular formula is C17H27NO2. The van der Waals surface area contributed by atoms with Gasteiger partial charge < -0.3 is 15.2 Å². The first-order chi connectivity index (χ1) is 9.61. The van der Waals surface area contributed by atoms with Crippen molar-refractivity contribution in [1.29, 1.82) is 0 Å². The van der Waals surface area contributed by atoms with Gasteiger partial charge in [-0.1, -0.05) is 19.1 Å². The van der Waals surface area contributed by atoms with Crippen molar-refractivity contribution in [2.75, 3.05) is 20.2 Å². The molecular weight excluding hydrogens is 250 g/mol. The highest BCUT2D eigenvalue weighted by atomic mass is 16.5. The van der Waals surface area contributed by atoms with Crippen LogP contribution in [0, 0.1) is 5.92 Å². The summed E-state index contributed by atoms with van der Waals surface area (Å²) in [5, 5.41) is 13.9. The Bertz CT molecular complexity index is 394. The second-order valence-corrected chi connectivity index (χ2v) is 6.18. The van der Waals surface area contributed by atoms with Gasteiger partial charge in [-0.15, -0.1) is 0 Å². The maximum Gasteiger partial charge on any atom is 0.118 e. The van der Waals surface area contributed by atoms with E-state index in [-0.39, 0.29) is 0 Å². The third kappa shape index (κ3) is 4.50. The highest BCUT2D eigenvalue weighted by molar-refractivity contribution is 5.27. The summed E-state index contributed by atoms with van der Waals surface area (Å²) in [4.78, 5) is 0. The van der Waals surface area contributed by atoms with Gasteiger partial charge in [0.15, 0.2) is 0 Å². The molecule has 0 saturated heterocycles. The predicted octanol–water partition coefficient (Wildman–Crippen LogP) is 2.77.